The highest BCUT2D eigenvalue weighted by Gasteiger charge is 2.27. The van der Waals surface area contributed by atoms with E-state index in [1.54, 1.807) is 5.56 Å². The van der Waals surface area contributed by atoms with Gasteiger partial charge in [0.05, 0.1) is 0 Å². The third-order valence-corrected chi connectivity index (χ3v) is 29.3. The standard InChI is InChI=1S/C28H28N.C28H34N.C28H28N.C27H26N.C26H24N/c1-19-9-6-7-12-25(19)23-14-13-20(2)26(17-23)27-18-24(15-16-29(27)5)28-21(3)10-8-11-22(28)4;1-19-11-9-10-14-24(19)26-16-27(21(3)15-20(26)2)28-17-25(22(4)18-29(28)5)23-12-7-6-8-13-23;1-19-10-13-26(22(4)16-19)24-14-15-29(5)28(18-24)27-17-23(12-11-21(27)3)25-9-7-6-8-20(25)2;1-19-9-5-7-11-24(19)22-14-13-21(3)26(17-22)27-18-23(15-16-28(27)4)25-12-8-6-10-20(25)2;1-19-9-7-8-12-24(19)23-14-13-20(2)25(17-23)26-18-22(15-16-27(26)3)21-10-5-4-6-11-21/h6-18H,1-5H3;9-11,14-18,23H,6-8,12-13H2,1-5H3;6-18H,1-5H3;5-18H,1-4H3;4-18H,1-3H3/q5*+1. The minimum Gasteiger partial charge on any atom is -0.201 e. The molecule has 1 aliphatic carbocycles. The van der Waals surface area contributed by atoms with E-state index in [-0.39, 0.29) is 0 Å². The summed E-state index contributed by atoms with van der Waals surface area (Å²) in [5.41, 5.74) is 59.8. The Labute approximate surface area is 847 Å². The lowest BCUT2D eigenvalue weighted by Crippen LogP contribution is -2.32. The fourth-order valence-electron chi connectivity index (χ4n) is 21.0. The first kappa shape index (κ1) is 99.8. The van der Waals surface area contributed by atoms with Crippen LogP contribution in [0.1, 0.15) is 138 Å². The summed E-state index contributed by atoms with van der Waals surface area (Å²) < 4.78 is 11.2. The van der Waals surface area contributed by atoms with Gasteiger partial charge in [-0.05, 0) is 356 Å². The largest absolute Gasteiger partial charge is 0.213 e. The Kier molecular flexibility index (Phi) is 31.6. The second kappa shape index (κ2) is 45.0. The molecule has 0 aliphatic heterocycles. The van der Waals surface area contributed by atoms with E-state index >= 15 is 0 Å². The Morgan fingerprint density at radius 2 is 0.458 bits per heavy atom. The van der Waals surface area contributed by atoms with Crippen LogP contribution in [0, 0.1) is 118 Å². The van der Waals surface area contributed by atoms with Crippen LogP contribution in [0.2, 0.25) is 0 Å². The zero-order valence-electron chi connectivity index (χ0n) is 87.7. The van der Waals surface area contributed by atoms with Crippen LogP contribution in [0.15, 0.2) is 383 Å². The predicted molar refractivity (Wildman–Crippen MR) is 601 cm³/mol. The van der Waals surface area contributed by atoms with Gasteiger partial charge in [-0.3, -0.25) is 0 Å². The molecule has 708 valence electrons. The molecule has 1 fully saturated rings. The van der Waals surface area contributed by atoms with Crippen LogP contribution in [-0.2, 0) is 35.2 Å². The summed E-state index contributed by atoms with van der Waals surface area (Å²) in [7, 11) is 10.7. The molecular formula is C137H140N5+5. The molecule has 0 N–H and O–H groups in total. The fraction of sp³-hybridized carbons (Fsp3) is 0.204. The highest BCUT2D eigenvalue weighted by atomic mass is 14.9. The molecule has 5 heterocycles. The van der Waals surface area contributed by atoms with E-state index in [4.69, 9.17) is 0 Å². The van der Waals surface area contributed by atoms with Gasteiger partial charge in [-0.25, -0.2) is 22.8 Å². The zero-order chi connectivity index (χ0) is 100. The van der Waals surface area contributed by atoms with Gasteiger partial charge in [-0.1, -0.05) is 292 Å². The molecule has 0 bridgehead atoms. The van der Waals surface area contributed by atoms with Crippen molar-refractivity contribution < 1.29 is 22.8 Å². The molecule has 0 atom stereocenters. The first-order chi connectivity index (χ1) is 68.5. The fourth-order valence-corrected chi connectivity index (χ4v) is 21.0. The Bertz CT molecular complexity index is 7710. The lowest BCUT2D eigenvalue weighted by atomic mass is 9.82. The molecule has 142 heavy (non-hydrogen) atoms. The topological polar surface area (TPSA) is 19.4 Å². The molecule has 0 saturated heterocycles. The predicted octanol–water partition coefficient (Wildman–Crippen LogP) is 33.2. The summed E-state index contributed by atoms with van der Waals surface area (Å²) in [5.74, 6) is 0.727. The van der Waals surface area contributed by atoms with Crippen molar-refractivity contribution in [1.29, 1.82) is 0 Å². The molecule has 0 radical (unpaired) electrons. The van der Waals surface area contributed by atoms with E-state index in [1.807, 2.05) is 0 Å². The summed E-state index contributed by atoms with van der Waals surface area (Å²) in [4.78, 5) is 0. The number of aromatic nitrogens is 5. The van der Waals surface area contributed by atoms with Crippen LogP contribution >= 0.6 is 0 Å². The first-order valence-corrected chi connectivity index (χ1v) is 50.6. The highest BCUT2D eigenvalue weighted by Crippen LogP contribution is 2.42. The first-order valence-electron chi connectivity index (χ1n) is 50.6. The van der Waals surface area contributed by atoms with Crippen molar-refractivity contribution in [2.75, 3.05) is 0 Å². The van der Waals surface area contributed by atoms with Crippen LogP contribution in [-0.4, -0.2) is 0 Å². The lowest BCUT2D eigenvalue weighted by Gasteiger charge is -2.23. The Morgan fingerprint density at radius 1 is 0.169 bits per heavy atom. The number of hydrogen-bond donors (Lipinski definition) is 0. The number of pyridine rings is 5. The summed E-state index contributed by atoms with van der Waals surface area (Å²) in [6.45, 7) is 37.4. The quantitative estimate of drug-likeness (QED) is 0.0912. The third-order valence-electron chi connectivity index (χ3n) is 29.3. The van der Waals surface area contributed by atoms with E-state index in [0.717, 1.165) is 5.92 Å². The van der Waals surface area contributed by atoms with Crippen molar-refractivity contribution in [3.63, 3.8) is 0 Å². The van der Waals surface area contributed by atoms with Gasteiger partial charge >= 0.3 is 0 Å². The molecular weight excluding hydrogens is 1720 g/mol. The van der Waals surface area contributed by atoms with Crippen molar-refractivity contribution in [3.05, 3.63) is 483 Å². The second-order valence-electron chi connectivity index (χ2n) is 39.8. The lowest BCUT2D eigenvalue weighted by molar-refractivity contribution is -0.660. The van der Waals surface area contributed by atoms with Crippen molar-refractivity contribution in [3.8, 4) is 156 Å². The van der Waals surface area contributed by atoms with Crippen LogP contribution in [0.5, 0.6) is 0 Å². The molecule has 0 unspecified atom stereocenters. The number of nitrogens with zero attached hydrogens (tertiary/aromatic N) is 5. The van der Waals surface area contributed by atoms with E-state index in [2.05, 4.69) is 559 Å². The van der Waals surface area contributed by atoms with Crippen LogP contribution in [0.3, 0.4) is 0 Å². The van der Waals surface area contributed by atoms with Crippen molar-refractivity contribution in [2.45, 2.75) is 156 Å². The molecule has 5 heteroatoms. The molecule has 0 spiro atoms. The highest BCUT2D eigenvalue weighted by molar-refractivity contribution is 5.84. The van der Waals surface area contributed by atoms with Crippen molar-refractivity contribution in [1.82, 2.24) is 0 Å². The van der Waals surface area contributed by atoms with E-state index in [0.29, 0.717) is 0 Å². The summed E-state index contributed by atoms with van der Waals surface area (Å²) >= 11 is 0. The number of aryl methyl sites for hydroxylation is 22. The van der Waals surface area contributed by atoms with Gasteiger partial charge in [-0.2, -0.15) is 0 Å². The Morgan fingerprint density at radius 3 is 0.838 bits per heavy atom. The van der Waals surface area contributed by atoms with Gasteiger partial charge in [0.2, 0.25) is 28.5 Å². The minimum atomic E-state index is 0.727. The average Bonchev–Trinajstić information content (AvgIpc) is 0.784. The zero-order valence-corrected chi connectivity index (χ0v) is 87.7. The normalized spacial score (nSPS) is 11.7. The van der Waals surface area contributed by atoms with Gasteiger partial charge in [0.1, 0.15) is 35.2 Å². The number of hydrogen-bond acceptors (Lipinski definition) is 0. The Hall–Kier alpha value is -15.2. The molecule has 19 aromatic rings. The number of benzene rings is 14. The summed E-state index contributed by atoms with van der Waals surface area (Å²) in [6.07, 6.45) is 17.8. The van der Waals surface area contributed by atoms with Crippen LogP contribution in [0.4, 0.5) is 0 Å². The molecule has 1 aliphatic rings. The molecule has 1 saturated carbocycles. The summed E-state index contributed by atoms with van der Waals surface area (Å²) in [6, 6.07) is 128. The van der Waals surface area contributed by atoms with Crippen LogP contribution < -0.4 is 22.8 Å². The van der Waals surface area contributed by atoms with E-state index in [9.17, 15) is 0 Å². The average molecular weight is 1860 g/mol. The van der Waals surface area contributed by atoms with Gasteiger partial charge in [0.15, 0.2) is 31.0 Å². The molecule has 20 rings (SSSR count). The molecule has 0 amide bonds. The monoisotopic (exact) mass is 1860 g/mol. The van der Waals surface area contributed by atoms with Gasteiger partial charge < -0.3 is 0 Å². The maximum absolute atomic E-state index is 2.49. The van der Waals surface area contributed by atoms with Gasteiger partial charge in [0.25, 0.3) is 0 Å². The maximum Gasteiger partial charge on any atom is 0.213 e. The SMILES string of the molecule is Cc1ccc(-c2cc[n+](C)c(-c3cc(-c4ccccc4C)ccc3C)c2)c(C)c1.Cc1ccccc1-c1cc(-c2cc(C3CCCCC3)c(C)c[n+]2C)c(C)cc1C.Cc1ccccc1-c1ccc(C)c(-c2cc(-c3c(C)cccc3C)cc[n+]2C)c1.Cc1ccccc1-c1ccc(C)c(-c2cc(-c3ccccc3)cc[n+]2C)c1.Cc1ccccc1-c1ccc(C)c(-c2cc(-c3ccccc3C)cc[n+]2C)c1. The van der Waals surface area contributed by atoms with Crippen LogP contribution in [0.25, 0.3) is 156 Å². The molecule has 5 aromatic heterocycles. The van der Waals surface area contributed by atoms with Crippen molar-refractivity contribution >= 4 is 0 Å². The minimum absolute atomic E-state index is 0.727. The Balaban J connectivity index is 0.000000128. The van der Waals surface area contributed by atoms with Crippen molar-refractivity contribution in [2.24, 2.45) is 35.2 Å². The van der Waals surface area contributed by atoms with E-state index in [1.165, 1.54) is 283 Å². The molecule has 5 nitrogen and oxygen atoms in total. The number of rotatable bonds is 15. The van der Waals surface area contributed by atoms with E-state index < -0.39 is 0 Å². The third kappa shape index (κ3) is 22.8. The molecule has 14 aromatic carbocycles. The maximum atomic E-state index is 2.49. The van der Waals surface area contributed by atoms with Gasteiger partial charge in [-0.15, -0.1) is 0 Å². The smallest absolute Gasteiger partial charge is 0.201 e. The van der Waals surface area contributed by atoms with Gasteiger partial charge in [0, 0.05) is 88.0 Å². The summed E-state index contributed by atoms with van der Waals surface area (Å²) in [5, 5.41) is 0. The second-order valence-corrected chi connectivity index (χ2v) is 39.8.